The zero-order valence-corrected chi connectivity index (χ0v) is 10.8. The van der Waals surface area contributed by atoms with E-state index in [-0.39, 0.29) is 5.91 Å². The summed E-state index contributed by atoms with van der Waals surface area (Å²) in [6, 6.07) is 6.38. The molecule has 0 heterocycles. The molecule has 1 atom stereocenters. The molecule has 0 spiro atoms. The standard InChI is InChI=1S/C13H18N2O3/c1-4-13(2,18-3)12(17)15-10-7-5-9(6-8-10)11(14)16/h5-8H,4H2,1-3H3,(H2,14,16)(H,15,17). The monoisotopic (exact) mass is 250 g/mol. The molecule has 0 bridgehead atoms. The van der Waals surface area contributed by atoms with Crippen molar-refractivity contribution in [2.24, 2.45) is 5.73 Å². The van der Waals surface area contributed by atoms with Crippen LogP contribution in [-0.2, 0) is 9.53 Å². The third kappa shape index (κ3) is 3.07. The van der Waals surface area contributed by atoms with Gasteiger partial charge in [0.2, 0.25) is 5.91 Å². The van der Waals surface area contributed by atoms with Crippen LogP contribution in [0.15, 0.2) is 24.3 Å². The molecular weight excluding hydrogens is 232 g/mol. The quantitative estimate of drug-likeness (QED) is 0.831. The van der Waals surface area contributed by atoms with E-state index < -0.39 is 11.5 Å². The molecule has 18 heavy (non-hydrogen) atoms. The van der Waals surface area contributed by atoms with E-state index in [1.54, 1.807) is 31.2 Å². The summed E-state index contributed by atoms with van der Waals surface area (Å²) in [7, 11) is 1.50. The molecule has 0 aliphatic carbocycles. The normalized spacial score (nSPS) is 13.7. The number of carbonyl (C=O) groups is 2. The van der Waals surface area contributed by atoms with Crippen LogP contribution in [0, 0.1) is 0 Å². The maximum Gasteiger partial charge on any atom is 0.256 e. The fourth-order valence-corrected chi connectivity index (χ4v) is 1.38. The van der Waals surface area contributed by atoms with Crippen LogP contribution in [0.25, 0.3) is 0 Å². The van der Waals surface area contributed by atoms with E-state index in [0.717, 1.165) is 0 Å². The van der Waals surface area contributed by atoms with Crippen LogP contribution in [0.1, 0.15) is 30.6 Å². The van der Waals surface area contributed by atoms with Crippen LogP contribution in [-0.4, -0.2) is 24.5 Å². The minimum atomic E-state index is -0.859. The minimum Gasteiger partial charge on any atom is -0.369 e. The molecule has 1 aromatic rings. The molecule has 5 heteroatoms. The van der Waals surface area contributed by atoms with Gasteiger partial charge in [0.25, 0.3) is 5.91 Å². The number of amides is 2. The van der Waals surface area contributed by atoms with Crippen molar-refractivity contribution in [2.75, 3.05) is 12.4 Å². The predicted molar refractivity (Wildman–Crippen MR) is 69.3 cm³/mol. The summed E-state index contributed by atoms with van der Waals surface area (Å²) in [5.41, 5.74) is 5.27. The Morgan fingerprint density at radius 3 is 2.28 bits per heavy atom. The molecule has 0 aromatic heterocycles. The SMILES string of the molecule is CCC(C)(OC)C(=O)Nc1ccc(C(N)=O)cc1. The molecular formula is C13H18N2O3. The van der Waals surface area contributed by atoms with Gasteiger partial charge in [0.05, 0.1) is 0 Å². The largest absolute Gasteiger partial charge is 0.369 e. The minimum absolute atomic E-state index is 0.223. The van der Waals surface area contributed by atoms with Gasteiger partial charge in [0.15, 0.2) is 0 Å². The highest BCUT2D eigenvalue weighted by molar-refractivity contribution is 5.98. The number of nitrogens with one attached hydrogen (secondary N) is 1. The summed E-state index contributed by atoms with van der Waals surface area (Å²) in [5, 5.41) is 2.73. The Hall–Kier alpha value is -1.88. The van der Waals surface area contributed by atoms with Crippen molar-refractivity contribution in [1.29, 1.82) is 0 Å². The van der Waals surface area contributed by atoms with Gasteiger partial charge in [-0.2, -0.15) is 0 Å². The van der Waals surface area contributed by atoms with Crippen molar-refractivity contribution in [3.05, 3.63) is 29.8 Å². The average Bonchev–Trinajstić information content (AvgIpc) is 2.38. The number of rotatable bonds is 5. The zero-order valence-electron chi connectivity index (χ0n) is 10.8. The Morgan fingerprint density at radius 2 is 1.89 bits per heavy atom. The number of nitrogens with two attached hydrogens (primary N) is 1. The molecule has 98 valence electrons. The van der Waals surface area contributed by atoms with Gasteiger partial charge in [-0.25, -0.2) is 0 Å². The van der Waals surface area contributed by atoms with Gasteiger partial charge >= 0.3 is 0 Å². The van der Waals surface area contributed by atoms with Gasteiger partial charge in [0.1, 0.15) is 5.60 Å². The van der Waals surface area contributed by atoms with Crippen LogP contribution in [0.3, 0.4) is 0 Å². The number of primary amides is 1. The maximum atomic E-state index is 12.0. The average molecular weight is 250 g/mol. The van der Waals surface area contributed by atoms with E-state index in [2.05, 4.69) is 5.32 Å². The first-order valence-electron chi connectivity index (χ1n) is 5.69. The zero-order chi connectivity index (χ0) is 13.8. The molecule has 0 radical (unpaired) electrons. The fraction of sp³-hybridized carbons (Fsp3) is 0.385. The summed E-state index contributed by atoms with van der Waals surface area (Å²) in [6.07, 6.45) is 0.564. The Balaban J connectivity index is 2.79. The lowest BCUT2D eigenvalue weighted by molar-refractivity contribution is -0.136. The fourth-order valence-electron chi connectivity index (χ4n) is 1.38. The second-order valence-electron chi connectivity index (χ2n) is 4.18. The van der Waals surface area contributed by atoms with Gasteiger partial charge in [-0.15, -0.1) is 0 Å². The molecule has 1 rings (SSSR count). The molecule has 2 amide bonds. The smallest absolute Gasteiger partial charge is 0.256 e. The molecule has 0 aliphatic rings. The predicted octanol–water partition coefficient (Wildman–Crippen LogP) is 1.54. The number of anilines is 1. The summed E-state index contributed by atoms with van der Waals surface area (Å²) in [5.74, 6) is -0.720. The van der Waals surface area contributed by atoms with E-state index >= 15 is 0 Å². The van der Waals surface area contributed by atoms with Crippen LogP contribution < -0.4 is 11.1 Å². The Kier molecular flexibility index (Phi) is 4.44. The first-order valence-corrected chi connectivity index (χ1v) is 5.69. The lowest BCUT2D eigenvalue weighted by atomic mass is 10.0. The number of carbonyl (C=O) groups excluding carboxylic acids is 2. The lowest BCUT2D eigenvalue weighted by Gasteiger charge is -2.25. The van der Waals surface area contributed by atoms with Crippen molar-refractivity contribution in [3.8, 4) is 0 Å². The first kappa shape index (κ1) is 14.2. The lowest BCUT2D eigenvalue weighted by Crippen LogP contribution is -2.41. The van der Waals surface area contributed by atoms with E-state index in [4.69, 9.17) is 10.5 Å². The van der Waals surface area contributed by atoms with Crippen molar-refractivity contribution in [2.45, 2.75) is 25.9 Å². The van der Waals surface area contributed by atoms with Crippen molar-refractivity contribution in [3.63, 3.8) is 0 Å². The third-order valence-corrected chi connectivity index (χ3v) is 3.03. The maximum absolute atomic E-state index is 12.0. The van der Waals surface area contributed by atoms with Crippen molar-refractivity contribution >= 4 is 17.5 Å². The number of methoxy groups -OCH3 is 1. The highest BCUT2D eigenvalue weighted by atomic mass is 16.5. The molecule has 0 saturated heterocycles. The van der Waals surface area contributed by atoms with E-state index in [1.165, 1.54) is 7.11 Å². The molecule has 5 nitrogen and oxygen atoms in total. The topological polar surface area (TPSA) is 81.4 Å². The molecule has 3 N–H and O–H groups in total. The van der Waals surface area contributed by atoms with Gasteiger partial charge in [-0.1, -0.05) is 6.92 Å². The van der Waals surface area contributed by atoms with Crippen molar-refractivity contribution < 1.29 is 14.3 Å². The van der Waals surface area contributed by atoms with Gasteiger partial charge < -0.3 is 15.8 Å². The number of hydrogen-bond acceptors (Lipinski definition) is 3. The molecule has 1 unspecified atom stereocenters. The van der Waals surface area contributed by atoms with Crippen LogP contribution in [0.2, 0.25) is 0 Å². The number of benzene rings is 1. The first-order chi connectivity index (χ1) is 8.42. The van der Waals surface area contributed by atoms with E-state index in [1.807, 2.05) is 6.92 Å². The van der Waals surface area contributed by atoms with Crippen LogP contribution in [0.5, 0.6) is 0 Å². The summed E-state index contributed by atoms with van der Waals surface area (Å²) >= 11 is 0. The second kappa shape index (κ2) is 5.64. The summed E-state index contributed by atoms with van der Waals surface area (Å²) in [4.78, 5) is 22.9. The summed E-state index contributed by atoms with van der Waals surface area (Å²) in [6.45, 7) is 3.60. The van der Waals surface area contributed by atoms with Gasteiger partial charge in [-0.3, -0.25) is 9.59 Å². The van der Waals surface area contributed by atoms with Crippen LogP contribution >= 0.6 is 0 Å². The van der Waals surface area contributed by atoms with E-state index in [9.17, 15) is 9.59 Å². The van der Waals surface area contributed by atoms with Crippen molar-refractivity contribution in [1.82, 2.24) is 0 Å². The molecule has 0 fully saturated rings. The van der Waals surface area contributed by atoms with Crippen LogP contribution in [0.4, 0.5) is 5.69 Å². The molecule has 0 aliphatic heterocycles. The van der Waals surface area contributed by atoms with Gasteiger partial charge in [-0.05, 0) is 37.6 Å². The Bertz CT molecular complexity index is 436. The number of hydrogen-bond donors (Lipinski definition) is 2. The Labute approximate surface area is 106 Å². The van der Waals surface area contributed by atoms with E-state index in [0.29, 0.717) is 17.7 Å². The summed E-state index contributed by atoms with van der Waals surface area (Å²) < 4.78 is 5.20. The highest BCUT2D eigenvalue weighted by Crippen LogP contribution is 2.18. The second-order valence-corrected chi connectivity index (χ2v) is 4.18. The third-order valence-electron chi connectivity index (χ3n) is 3.03. The number of ether oxygens (including phenoxy) is 1. The molecule has 0 saturated carbocycles. The highest BCUT2D eigenvalue weighted by Gasteiger charge is 2.30. The van der Waals surface area contributed by atoms with Gasteiger partial charge in [0, 0.05) is 18.4 Å². The Morgan fingerprint density at radius 1 is 1.33 bits per heavy atom. The molecule has 1 aromatic carbocycles.